The number of sulfone groups is 1. The molecule has 1 atom stereocenters. The van der Waals surface area contributed by atoms with E-state index in [-0.39, 0.29) is 18.1 Å². The van der Waals surface area contributed by atoms with E-state index in [0.717, 1.165) is 18.4 Å². The molecule has 0 saturated carbocycles. The number of esters is 1. The van der Waals surface area contributed by atoms with Crippen LogP contribution in [-0.2, 0) is 25.5 Å². The second-order valence-electron chi connectivity index (χ2n) is 6.15. The largest absolute Gasteiger partial charge is 0.479 e. The Morgan fingerprint density at radius 2 is 1.45 bits per heavy atom. The summed E-state index contributed by atoms with van der Waals surface area (Å²) >= 11 is 0. The number of halogens is 3. The normalized spacial score (nSPS) is 12.9. The van der Waals surface area contributed by atoms with Crippen LogP contribution >= 0.6 is 0 Å². The van der Waals surface area contributed by atoms with Gasteiger partial charge in [-0.2, -0.15) is 13.2 Å². The molecule has 0 radical (unpaired) electrons. The number of carbonyl (C=O) groups excluding carboxylic acids is 1. The Balaban J connectivity index is 1.88. The van der Waals surface area contributed by atoms with Crippen LogP contribution in [0.3, 0.4) is 0 Å². The average molecular weight is 432 g/mol. The zero-order chi connectivity index (χ0) is 21.7. The Morgan fingerprint density at radius 1 is 0.966 bits per heavy atom. The quantitative estimate of drug-likeness (QED) is 0.590. The highest BCUT2D eigenvalue weighted by molar-refractivity contribution is 7.90. The van der Waals surface area contributed by atoms with Gasteiger partial charge in [0.05, 0.1) is 11.3 Å². The molecule has 0 N–H and O–H groups in total. The highest BCUT2D eigenvalue weighted by Crippen LogP contribution is 2.31. The molecule has 2 aromatic rings. The molecule has 2 rings (SSSR count). The van der Waals surface area contributed by atoms with Crippen LogP contribution in [0.25, 0.3) is 0 Å². The summed E-state index contributed by atoms with van der Waals surface area (Å²) in [7, 11) is -3.23. The van der Waals surface area contributed by atoms with Gasteiger partial charge in [0.15, 0.2) is 15.9 Å². The van der Waals surface area contributed by atoms with Crippen LogP contribution in [0, 0.1) is 0 Å². The molecule has 158 valence electrons. The first-order valence-electron chi connectivity index (χ1n) is 8.40. The molecule has 0 heterocycles. The van der Waals surface area contributed by atoms with Crippen LogP contribution in [0.15, 0.2) is 48.5 Å². The van der Waals surface area contributed by atoms with Gasteiger partial charge in [-0.05, 0) is 55.5 Å². The van der Waals surface area contributed by atoms with E-state index >= 15 is 0 Å². The van der Waals surface area contributed by atoms with E-state index in [4.69, 9.17) is 14.2 Å². The molecule has 6 nitrogen and oxygen atoms in total. The Kier molecular flexibility index (Phi) is 7.12. The number of hydrogen-bond donors (Lipinski definition) is 0. The number of alkyl halides is 3. The molecule has 29 heavy (non-hydrogen) atoms. The summed E-state index contributed by atoms with van der Waals surface area (Å²) in [6.45, 7) is 1.20. The number of hydrogen-bond acceptors (Lipinski definition) is 6. The van der Waals surface area contributed by atoms with Crippen molar-refractivity contribution in [2.45, 2.75) is 19.2 Å². The zero-order valence-electron chi connectivity index (χ0n) is 15.6. The monoisotopic (exact) mass is 432 g/mol. The van der Waals surface area contributed by atoms with Crippen molar-refractivity contribution in [3.8, 4) is 17.2 Å². The van der Waals surface area contributed by atoms with Crippen LogP contribution < -0.4 is 9.47 Å². The summed E-state index contributed by atoms with van der Waals surface area (Å²) < 4.78 is 75.4. The first kappa shape index (κ1) is 22.5. The third-order valence-electron chi connectivity index (χ3n) is 3.58. The van der Waals surface area contributed by atoms with E-state index in [1.807, 2.05) is 0 Å². The lowest BCUT2D eigenvalue weighted by molar-refractivity contribution is -0.150. The summed E-state index contributed by atoms with van der Waals surface area (Å²) in [5.74, 6) is -0.0624. The molecule has 0 aliphatic rings. The molecule has 0 fully saturated rings. The van der Waals surface area contributed by atoms with Gasteiger partial charge in [-0.15, -0.1) is 0 Å². The van der Waals surface area contributed by atoms with E-state index < -0.39 is 33.7 Å². The van der Waals surface area contributed by atoms with Crippen molar-refractivity contribution < 1.29 is 40.6 Å². The first-order chi connectivity index (χ1) is 13.4. The predicted molar refractivity (Wildman–Crippen MR) is 98.7 cm³/mol. The van der Waals surface area contributed by atoms with E-state index in [2.05, 4.69) is 0 Å². The number of benzene rings is 2. The first-order valence-corrected chi connectivity index (χ1v) is 10.5. The lowest BCUT2D eigenvalue weighted by Crippen LogP contribution is -2.27. The Hall–Kier alpha value is -2.75. The molecular formula is C19H19F3O6S. The van der Waals surface area contributed by atoms with Gasteiger partial charge >= 0.3 is 12.1 Å². The summed E-state index contributed by atoms with van der Waals surface area (Å²) in [4.78, 5) is 11.8. The minimum atomic E-state index is -4.42. The molecule has 10 heteroatoms. The molecule has 0 spiro atoms. The smallest absolute Gasteiger partial charge is 0.416 e. The highest BCUT2D eigenvalue weighted by atomic mass is 32.2. The molecule has 0 aliphatic heterocycles. The Bertz CT molecular complexity index is 922. The summed E-state index contributed by atoms with van der Waals surface area (Å²) in [5.41, 5.74) is -0.772. The Labute approximate surface area is 166 Å². The lowest BCUT2D eigenvalue weighted by Gasteiger charge is -2.14. The summed E-state index contributed by atoms with van der Waals surface area (Å²) in [6, 6.07) is 10.3. The SMILES string of the molecule is CC(Oc1ccc(Oc2ccc(C(F)(F)F)cc2)cc1)C(=O)OCCS(C)(=O)=O. The summed E-state index contributed by atoms with van der Waals surface area (Å²) in [6.07, 6.45) is -4.34. The van der Waals surface area contributed by atoms with E-state index in [9.17, 15) is 26.4 Å². The molecule has 0 aliphatic carbocycles. The van der Waals surface area contributed by atoms with Crippen molar-refractivity contribution in [1.82, 2.24) is 0 Å². The van der Waals surface area contributed by atoms with Gasteiger partial charge in [0.1, 0.15) is 23.9 Å². The van der Waals surface area contributed by atoms with Gasteiger partial charge in [-0.3, -0.25) is 0 Å². The fraction of sp³-hybridized carbons (Fsp3) is 0.316. The number of ether oxygens (including phenoxy) is 3. The Morgan fingerprint density at radius 3 is 1.93 bits per heavy atom. The van der Waals surface area contributed by atoms with E-state index in [1.54, 1.807) is 0 Å². The maximum atomic E-state index is 12.6. The molecule has 1 unspecified atom stereocenters. The maximum absolute atomic E-state index is 12.6. The van der Waals surface area contributed by atoms with Crippen LogP contribution in [0.2, 0.25) is 0 Å². The van der Waals surface area contributed by atoms with E-state index in [0.29, 0.717) is 11.5 Å². The van der Waals surface area contributed by atoms with E-state index in [1.165, 1.54) is 43.3 Å². The zero-order valence-corrected chi connectivity index (χ0v) is 16.4. The van der Waals surface area contributed by atoms with Crippen LogP contribution in [0.1, 0.15) is 12.5 Å². The molecule has 2 aromatic carbocycles. The molecule has 0 saturated heterocycles. The average Bonchev–Trinajstić information content (AvgIpc) is 2.62. The maximum Gasteiger partial charge on any atom is 0.416 e. The van der Waals surface area contributed by atoms with Gasteiger partial charge in [0.2, 0.25) is 0 Å². The van der Waals surface area contributed by atoms with Gasteiger partial charge in [0, 0.05) is 6.26 Å². The number of carbonyl (C=O) groups is 1. The van der Waals surface area contributed by atoms with Gasteiger partial charge in [-0.25, -0.2) is 13.2 Å². The molecule has 0 bridgehead atoms. The minimum absolute atomic E-state index is 0.231. The van der Waals surface area contributed by atoms with Crippen molar-refractivity contribution in [1.29, 1.82) is 0 Å². The van der Waals surface area contributed by atoms with Crippen molar-refractivity contribution in [2.75, 3.05) is 18.6 Å². The highest BCUT2D eigenvalue weighted by Gasteiger charge is 2.30. The van der Waals surface area contributed by atoms with Crippen LogP contribution in [-0.4, -0.2) is 39.1 Å². The molecule has 0 amide bonds. The van der Waals surface area contributed by atoms with Crippen LogP contribution in [0.4, 0.5) is 13.2 Å². The third kappa shape index (κ3) is 7.65. The standard InChI is InChI=1S/C19H19F3O6S/c1-13(18(23)26-11-12-29(2,24)25)27-15-7-9-17(10-8-15)28-16-5-3-14(4-6-16)19(20,21)22/h3-10,13H,11-12H2,1-2H3. The fourth-order valence-corrected chi connectivity index (χ4v) is 2.48. The van der Waals surface area contributed by atoms with Crippen LogP contribution in [0.5, 0.6) is 17.2 Å². The second-order valence-corrected chi connectivity index (χ2v) is 8.41. The van der Waals surface area contributed by atoms with Gasteiger partial charge < -0.3 is 14.2 Å². The second kappa shape index (κ2) is 9.17. The molecular weight excluding hydrogens is 413 g/mol. The summed E-state index contributed by atoms with van der Waals surface area (Å²) in [5, 5.41) is 0. The topological polar surface area (TPSA) is 78.9 Å². The predicted octanol–water partition coefficient (Wildman–Crippen LogP) is 3.85. The van der Waals surface area contributed by atoms with Crippen molar-refractivity contribution in [3.05, 3.63) is 54.1 Å². The third-order valence-corrected chi connectivity index (χ3v) is 4.49. The lowest BCUT2D eigenvalue weighted by atomic mass is 10.2. The van der Waals surface area contributed by atoms with Gasteiger partial charge in [-0.1, -0.05) is 0 Å². The van der Waals surface area contributed by atoms with Crippen molar-refractivity contribution in [3.63, 3.8) is 0 Å². The number of rotatable bonds is 8. The van der Waals surface area contributed by atoms with Gasteiger partial charge in [0.25, 0.3) is 0 Å². The van der Waals surface area contributed by atoms with Crippen molar-refractivity contribution in [2.24, 2.45) is 0 Å². The minimum Gasteiger partial charge on any atom is -0.479 e. The fourth-order valence-electron chi connectivity index (χ4n) is 2.10. The van der Waals surface area contributed by atoms with Crippen molar-refractivity contribution >= 4 is 15.8 Å². The molecule has 0 aromatic heterocycles.